The first-order valence-electron chi connectivity index (χ1n) is 10.6. The summed E-state index contributed by atoms with van der Waals surface area (Å²) in [5, 5.41) is 14.2. The molecule has 2 aromatic heterocycles. The number of carboxylic acids is 1. The van der Waals surface area contributed by atoms with Gasteiger partial charge in [-0.25, -0.2) is 4.79 Å². The molecule has 0 aliphatic heterocycles. The van der Waals surface area contributed by atoms with E-state index in [1.165, 1.54) is 6.07 Å². The lowest BCUT2D eigenvalue weighted by Gasteiger charge is -2.18. The Morgan fingerprint density at radius 2 is 1.85 bits per heavy atom. The number of aromatic carboxylic acids is 1. The van der Waals surface area contributed by atoms with Gasteiger partial charge < -0.3 is 14.8 Å². The number of furan rings is 1. The maximum absolute atomic E-state index is 11.7. The highest BCUT2D eigenvalue weighted by molar-refractivity contribution is 6.31. The number of anilines is 1. The van der Waals surface area contributed by atoms with Crippen molar-refractivity contribution < 1.29 is 14.3 Å². The fourth-order valence-corrected chi connectivity index (χ4v) is 4.41. The predicted octanol–water partition coefficient (Wildman–Crippen LogP) is 7.48. The predicted molar refractivity (Wildman–Crippen MR) is 132 cm³/mol. The van der Waals surface area contributed by atoms with Crippen molar-refractivity contribution in [2.45, 2.75) is 19.9 Å². The fourth-order valence-electron chi connectivity index (χ4n) is 4.23. The van der Waals surface area contributed by atoms with Crippen molar-refractivity contribution in [3.63, 3.8) is 0 Å². The van der Waals surface area contributed by atoms with E-state index >= 15 is 0 Å². The zero-order valence-electron chi connectivity index (χ0n) is 18.1. The van der Waals surface area contributed by atoms with Crippen LogP contribution in [0.5, 0.6) is 0 Å². The quantitative estimate of drug-likeness (QED) is 0.286. The summed E-state index contributed by atoms with van der Waals surface area (Å²) in [4.78, 5) is 16.3. The molecular weight excluding hydrogens is 436 g/mol. The number of nitrogens with zero attached hydrogens (tertiary/aromatic N) is 1. The van der Waals surface area contributed by atoms with Crippen LogP contribution in [0.2, 0.25) is 5.02 Å². The zero-order valence-corrected chi connectivity index (χ0v) is 18.9. The lowest BCUT2D eigenvalue weighted by atomic mass is 10.0. The van der Waals surface area contributed by atoms with Gasteiger partial charge in [0.1, 0.15) is 11.1 Å². The number of halogens is 1. The van der Waals surface area contributed by atoms with Gasteiger partial charge in [-0.2, -0.15) is 0 Å². The number of fused-ring (bicyclic) bond motifs is 3. The number of carboxylic acid groups (broad SMARTS) is 1. The first-order valence-corrected chi connectivity index (χ1v) is 11.0. The van der Waals surface area contributed by atoms with E-state index in [-0.39, 0.29) is 11.6 Å². The van der Waals surface area contributed by atoms with E-state index < -0.39 is 5.97 Å². The Bertz CT molecular complexity index is 1510. The molecule has 5 nitrogen and oxygen atoms in total. The SMILES string of the molecule is Cc1cc([C@@H](C)Nc2ccc(Cl)cc2C(=O)O)c2oc3c(-c4ccccc4)ccnc3c2c1. The van der Waals surface area contributed by atoms with Crippen LogP contribution in [0.15, 0.2) is 77.3 Å². The summed E-state index contributed by atoms with van der Waals surface area (Å²) in [7, 11) is 0. The van der Waals surface area contributed by atoms with Gasteiger partial charge in [0.25, 0.3) is 0 Å². The molecule has 0 saturated carbocycles. The van der Waals surface area contributed by atoms with Crippen molar-refractivity contribution in [1.82, 2.24) is 4.98 Å². The second-order valence-corrected chi connectivity index (χ2v) is 8.53. The van der Waals surface area contributed by atoms with Gasteiger partial charge in [0, 0.05) is 33.4 Å². The topological polar surface area (TPSA) is 75.4 Å². The minimum Gasteiger partial charge on any atom is -0.478 e. The average Bonchev–Trinajstić information content (AvgIpc) is 3.18. The summed E-state index contributed by atoms with van der Waals surface area (Å²) in [6, 6.07) is 20.7. The van der Waals surface area contributed by atoms with Crippen LogP contribution >= 0.6 is 11.6 Å². The van der Waals surface area contributed by atoms with Crippen LogP contribution in [0, 0.1) is 6.92 Å². The van der Waals surface area contributed by atoms with Gasteiger partial charge in [-0.3, -0.25) is 4.98 Å². The van der Waals surface area contributed by atoms with Crippen molar-refractivity contribution in [2.75, 3.05) is 5.32 Å². The van der Waals surface area contributed by atoms with Gasteiger partial charge >= 0.3 is 5.97 Å². The van der Waals surface area contributed by atoms with Crippen molar-refractivity contribution in [3.8, 4) is 11.1 Å². The molecule has 0 amide bonds. The number of hydrogen-bond acceptors (Lipinski definition) is 4. The van der Waals surface area contributed by atoms with E-state index in [4.69, 9.17) is 16.0 Å². The van der Waals surface area contributed by atoms with Gasteiger partial charge in [0.2, 0.25) is 0 Å². The van der Waals surface area contributed by atoms with Crippen LogP contribution in [0.1, 0.15) is 34.5 Å². The first kappa shape index (κ1) is 21.0. The van der Waals surface area contributed by atoms with E-state index in [2.05, 4.69) is 22.4 Å². The van der Waals surface area contributed by atoms with Crippen LogP contribution in [0.3, 0.4) is 0 Å². The summed E-state index contributed by atoms with van der Waals surface area (Å²) in [5.41, 5.74) is 6.91. The van der Waals surface area contributed by atoms with E-state index in [1.807, 2.05) is 50.2 Å². The summed E-state index contributed by atoms with van der Waals surface area (Å²) in [6.45, 7) is 4.01. The van der Waals surface area contributed by atoms with E-state index in [1.54, 1.807) is 18.3 Å². The summed E-state index contributed by atoms with van der Waals surface area (Å²) in [6.07, 6.45) is 1.80. The number of aromatic nitrogens is 1. The number of carbonyl (C=O) groups is 1. The Morgan fingerprint density at radius 1 is 1.06 bits per heavy atom. The standard InChI is InChI=1S/C27H21ClN2O3/c1-15-12-20(16(2)30-23-9-8-18(28)14-21(23)27(31)32)25-22(13-15)24-26(33-25)19(10-11-29-24)17-6-4-3-5-7-17/h3-14,16,30H,1-2H3,(H,31,32)/t16-/m1/s1. The van der Waals surface area contributed by atoms with Crippen molar-refractivity contribution in [1.29, 1.82) is 0 Å². The largest absolute Gasteiger partial charge is 0.478 e. The van der Waals surface area contributed by atoms with Crippen molar-refractivity contribution >= 4 is 45.3 Å². The molecule has 0 saturated heterocycles. The van der Waals surface area contributed by atoms with Gasteiger partial charge in [-0.15, -0.1) is 0 Å². The van der Waals surface area contributed by atoms with Crippen LogP contribution in [-0.4, -0.2) is 16.1 Å². The molecule has 0 unspecified atom stereocenters. The maximum Gasteiger partial charge on any atom is 0.337 e. The number of aryl methyl sites for hydroxylation is 1. The molecule has 0 radical (unpaired) electrons. The van der Waals surface area contributed by atoms with Crippen LogP contribution in [-0.2, 0) is 0 Å². The third kappa shape index (κ3) is 3.81. The normalized spacial score (nSPS) is 12.2. The van der Waals surface area contributed by atoms with Gasteiger partial charge in [-0.1, -0.05) is 48.0 Å². The molecular formula is C27H21ClN2O3. The molecule has 2 N–H and O–H groups in total. The molecule has 164 valence electrons. The average molecular weight is 457 g/mol. The number of nitrogens with one attached hydrogen (secondary N) is 1. The third-order valence-electron chi connectivity index (χ3n) is 5.76. The monoisotopic (exact) mass is 456 g/mol. The van der Waals surface area contributed by atoms with E-state index in [0.717, 1.165) is 44.3 Å². The van der Waals surface area contributed by atoms with Gasteiger partial charge in [0.15, 0.2) is 5.58 Å². The second kappa shape index (κ2) is 8.26. The van der Waals surface area contributed by atoms with E-state index in [0.29, 0.717) is 10.7 Å². The number of hydrogen-bond donors (Lipinski definition) is 2. The lowest BCUT2D eigenvalue weighted by molar-refractivity contribution is 0.0698. The number of rotatable bonds is 5. The molecule has 1 atom stereocenters. The zero-order chi connectivity index (χ0) is 23.1. The molecule has 0 aliphatic rings. The highest BCUT2D eigenvalue weighted by atomic mass is 35.5. The minimum atomic E-state index is -1.04. The van der Waals surface area contributed by atoms with Crippen molar-refractivity contribution in [3.05, 3.63) is 94.6 Å². The molecule has 0 fully saturated rings. The second-order valence-electron chi connectivity index (χ2n) is 8.10. The molecule has 0 aliphatic carbocycles. The van der Waals surface area contributed by atoms with Crippen LogP contribution in [0.4, 0.5) is 5.69 Å². The molecule has 5 aromatic rings. The van der Waals surface area contributed by atoms with Gasteiger partial charge in [0.05, 0.1) is 11.6 Å². The summed E-state index contributed by atoms with van der Waals surface area (Å²) >= 11 is 6.01. The minimum absolute atomic E-state index is 0.121. The Hall–Kier alpha value is -3.83. The molecule has 6 heteroatoms. The maximum atomic E-state index is 11.7. The Morgan fingerprint density at radius 3 is 2.61 bits per heavy atom. The van der Waals surface area contributed by atoms with Crippen LogP contribution in [0.25, 0.3) is 33.2 Å². The number of benzene rings is 3. The molecule has 0 bridgehead atoms. The molecule has 2 heterocycles. The summed E-state index contributed by atoms with van der Waals surface area (Å²) < 4.78 is 6.44. The first-order chi connectivity index (χ1) is 15.9. The molecule has 5 rings (SSSR count). The van der Waals surface area contributed by atoms with E-state index in [9.17, 15) is 9.90 Å². The Balaban J connectivity index is 1.66. The lowest BCUT2D eigenvalue weighted by Crippen LogP contribution is -2.11. The van der Waals surface area contributed by atoms with Crippen molar-refractivity contribution in [2.24, 2.45) is 0 Å². The third-order valence-corrected chi connectivity index (χ3v) is 6.00. The highest BCUT2D eigenvalue weighted by Crippen LogP contribution is 2.38. The molecule has 33 heavy (non-hydrogen) atoms. The molecule has 0 spiro atoms. The van der Waals surface area contributed by atoms with Gasteiger partial charge in [-0.05, 0) is 55.3 Å². The summed E-state index contributed by atoms with van der Waals surface area (Å²) in [5.74, 6) is -1.04. The number of pyridine rings is 1. The Kier molecular flexibility index (Phi) is 5.27. The smallest absolute Gasteiger partial charge is 0.337 e. The molecule has 3 aromatic carbocycles. The highest BCUT2D eigenvalue weighted by Gasteiger charge is 2.21. The van der Waals surface area contributed by atoms with Crippen LogP contribution < -0.4 is 5.32 Å². The fraction of sp³-hybridized carbons (Fsp3) is 0.111. The Labute approximate surface area is 195 Å².